The molecule has 2 aliphatic rings. The van der Waals surface area contributed by atoms with Crippen LogP contribution in [-0.4, -0.2) is 69.2 Å². The van der Waals surface area contributed by atoms with E-state index in [1.807, 2.05) is 13.8 Å². The Morgan fingerprint density at radius 1 is 1.29 bits per heavy atom. The Morgan fingerprint density at radius 3 is 2.68 bits per heavy atom. The molecule has 0 bridgehead atoms. The number of ether oxygens (including phenoxy) is 1. The second kappa shape index (κ2) is 8.81. The molecular formula is C18H25N3O5S2. The van der Waals surface area contributed by atoms with Crippen LogP contribution in [0.5, 0.6) is 0 Å². The Balaban J connectivity index is 1.95. The third-order valence-electron chi connectivity index (χ3n) is 4.45. The van der Waals surface area contributed by atoms with Crippen molar-refractivity contribution in [3.8, 4) is 0 Å². The van der Waals surface area contributed by atoms with Gasteiger partial charge in [0.1, 0.15) is 6.54 Å². The van der Waals surface area contributed by atoms with Crippen molar-refractivity contribution in [3.63, 3.8) is 0 Å². The highest BCUT2D eigenvalue weighted by Crippen LogP contribution is 2.36. The monoisotopic (exact) mass is 427 g/mol. The van der Waals surface area contributed by atoms with Crippen LogP contribution < -0.4 is 10.2 Å². The number of nitrogens with zero attached hydrogens (tertiary/aromatic N) is 2. The lowest BCUT2D eigenvalue weighted by atomic mass is 10.2. The van der Waals surface area contributed by atoms with Gasteiger partial charge in [0.15, 0.2) is 0 Å². The third-order valence-corrected chi connectivity index (χ3v) is 7.41. The summed E-state index contributed by atoms with van der Waals surface area (Å²) in [6, 6.07) is 4.76. The maximum atomic E-state index is 13.0. The zero-order chi connectivity index (χ0) is 20.3. The molecule has 0 atom stereocenters. The third kappa shape index (κ3) is 4.68. The van der Waals surface area contributed by atoms with E-state index in [1.165, 1.54) is 27.0 Å². The number of rotatable bonds is 5. The number of hydrogen-bond acceptors (Lipinski definition) is 6. The second-order valence-corrected chi connectivity index (χ2v) is 10.0. The Morgan fingerprint density at radius 2 is 2.00 bits per heavy atom. The van der Waals surface area contributed by atoms with Gasteiger partial charge in [-0.15, -0.1) is 11.8 Å². The van der Waals surface area contributed by atoms with Gasteiger partial charge in [-0.2, -0.15) is 4.31 Å². The predicted octanol–water partition coefficient (Wildman–Crippen LogP) is 1.06. The normalized spacial score (nSPS) is 18.7. The first-order valence-corrected chi connectivity index (χ1v) is 11.7. The minimum atomic E-state index is -3.69. The quantitative estimate of drug-likeness (QED) is 0.755. The molecule has 3 rings (SSSR count). The molecule has 1 saturated heterocycles. The lowest BCUT2D eigenvalue weighted by Crippen LogP contribution is -2.43. The van der Waals surface area contributed by atoms with Crippen molar-refractivity contribution in [1.82, 2.24) is 9.62 Å². The van der Waals surface area contributed by atoms with Gasteiger partial charge in [-0.05, 0) is 32.0 Å². The molecule has 1 N–H and O–H groups in total. The zero-order valence-electron chi connectivity index (χ0n) is 16.0. The van der Waals surface area contributed by atoms with Crippen LogP contribution >= 0.6 is 11.8 Å². The van der Waals surface area contributed by atoms with Gasteiger partial charge in [0.25, 0.3) is 0 Å². The van der Waals surface area contributed by atoms with Crippen LogP contribution in [0.15, 0.2) is 28.0 Å². The van der Waals surface area contributed by atoms with Crippen molar-refractivity contribution in [2.45, 2.75) is 36.1 Å². The van der Waals surface area contributed by atoms with Gasteiger partial charge in [0, 0.05) is 36.2 Å². The van der Waals surface area contributed by atoms with Crippen LogP contribution in [0.1, 0.15) is 20.3 Å². The van der Waals surface area contributed by atoms with Crippen molar-refractivity contribution in [1.29, 1.82) is 0 Å². The predicted molar refractivity (Wildman–Crippen MR) is 107 cm³/mol. The number of carbonyl (C=O) groups excluding carboxylic acids is 2. The summed E-state index contributed by atoms with van der Waals surface area (Å²) in [6.07, 6.45) is 0.292. The standard InChI is InChI=1S/C18H25N3O5S2/c1-13(2)19-17(22)12-21-15-11-14(3-4-16(15)27-10-5-18(21)23)28(24,25)20-6-8-26-9-7-20/h3-4,11,13H,5-10,12H2,1-2H3,(H,19,22). The summed E-state index contributed by atoms with van der Waals surface area (Å²) in [5.41, 5.74) is 0.473. The van der Waals surface area contributed by atoms with E-state index in [1.54, 1.807) is 12.1 Å². The Bertz CT molecular complexity index is 851. The van der Waals surface area contributed by atoms with Crippen molar-refractivity contribution in [2.75, 3.05) is 43.5 Å². The summed E-state index contributed by atoms with van der Waals surface area (Å²) >= 11 is 1.49. The van der Waals surface area contributed by atoms with Crippen molar-refractivity contribution < 1.29 is 22.7 Å². The smallest absolute Gasteiger partial charge is 0.243 e. The molecule has 154 valence electrons. The number of nitrogens with one attached hydrogen (secondary N) is 1. The topological polar surface area (TPSA) is 96.0 Å². The van der Waals surface area contributed by atoms with E-state index in [9.17, 15) is 18.0 Å². The minimum Gasteiger partial charge on any atom is -0.379 e. The van der Waals surface area contributed by atoms with Gasteiger partial charge in [0.05, 0.1) is 23.8 Å². The average molecular weight is 428 g/mol. The molecule has 28 heavy (non-hydrogen) atoms. The molecule has 0 radical (unpaired) electrons. The Labute approximate surface area is 169 Å². The number of sulfonamides is 1. The van der Waals surface area contributed by atoms with Gasteiger partial charge in [-0.1, -0.05) is 0 Å². The fourth-order valence-corrected chi connectivity index (χ4v) is 5.54. The molecule has 10 heteroatoms. The fraction of sp³-hybridized carbons (Fsp3) is 0.556. The first kappa shape index (κ1) is 21.1. The molecule has 0 aliphatic carbocycles. The SMILES string of the molecule is CC(C)NC(=O)CN1C(=O)CCSc2ccc(S(=O)(=O)N3CCOCC3)cc21. The zero-order valence-corrected chi connectivity index (χ0v) is 17.6. The molecule has 0 spiro atoms. The fourth-order valence-electron chi connectivity index (χ4n) is 3.13. The summed E-state index contributed by atoms with van der Waals surface area (Å²) < 4.78 is 32.6. The van der Waals surface area contributed by atoms with E-state index >= 15 is 0 Å². The highest BCUT2D eigenvalue weighted by atomic mass is 32.2. The Hall–Kier alpha value is -1.62. The molecule has 1 aromatic carbocycles. The maximum Gasteiger partial charge on any atom is 0.243 e. The van der Waals surface area contributed by atoms with Gasteiger partial charge >= 0.3 is 0 Å². The number of carbonyl (C=O) groups is 2. The number of benzene rings is 1. The van der Waals surface area contributed by atoms with E-state index in [4.69, 9.17) is 4.74 Å². The van der Waals surface area contributed by atoms with Crippen LogP contribution in [0.25, 0.3) is 0 Å². The lowest BCUT2D eigenvalue weighted by Gasteiger charge is -2.27. The summed E-state index contributed by atoms with van der Waals surface area (Å²) in [7, 11) is -3.69. The van der Waals surface area contributed by atoms with E-state index in [-0.39, 0.29) is 29.3 Å². The first-order valence-electron chi connectivity index (χ1n) is 9.23. The summed E-state index contributed by atoms with van der Waals surface area (Å²) in [5, 5.41) is 2.78. The number of anilines is 1. The molecule has 0 unspecified atom stereocenters. The van der Waals surface area contributed by atoms with Gasteiger partial charge < -0.3 is 15.0 Å². The van der Waals surface area contributed by atoms with Crippen LogP contribution in [0.4, 0.5) is 5.69 Å². The largest absolute Gasteiger partial charge is 0.379 e. The molecule has 8 nitrogen and oxygen atoms in total. The molecule has 0 aromatic heterocycles. The number of amides is 2. The highest BCUT2D eigenvalue weighted by Gasteiger charge is 2.30. The average Bonchev–Trinajstić information content (AvgIpc) is 2.80. The van der Waals surface area contributed by atoms with E-state index in [0.717, 1.165) is 4.90 Å². The summed E-state index contributed by atoms with van der Waals surface area (Å²) in [5.74, 6) is 0.123. The molecule has 1 aromatic rings. The molecular weight excluding hydrogens is 402 g/mol. The molecule has 2 heterocycles. The van der Waals surface area contributed by atoms with Crippen molar-refractivity contribution in [3.05, 3.63) is 18.2 Å². The minimum absolute atomic E-state index is 0.0449. The summed E-state index contributed by atoms with van der Waals surface area (Å²) in [6.45, 7) is 4.88. The van der Waals surface area contributed by atoms with Gasteiger partial charge in [0.2, 0.25) is 21.8 Å². The molecule has 0 saturated carbocycles. The highest BCUT2D eigenvalue weighted by molar-refractivity contribution is 7.99. The first-order chi connectivity index (χ1) is 13.3. The number of fused-ring (bicyclic) bond motifs is 1. The molecule has 1 fully saturated rings. The second-order valence-electron chi connectivity index (χ2n) is 6.95. The van der Waals surface area contributed by atoms with Crippen molar-refractivity contribution >= 4 is 39.3 Å². The van der Waals surface area contributed by atoms with E-state index < -0.39 is 10.0 Å². The van der Waals surface area contributed by atoms with Gasteiger partial charge in [-0.25, -0.2) is 8.42 Å². The Kier molecular flexibility index (Phi) is 6.64. The van der Waals surface area contributed by atoms with Crippen LogP contribution in [-0.2, 0) is 24.3 Å². The lowest BCUT2D eigenvalue weighted by molar-refractivity contribution is -0.124. The van der Waals surface area contributed by atoms with Crippen molar-refractivity contribution in [2.24, 2.45) is 0 Å². The number of thioether (sulfide) groups is 1. The van der Waals surface area contributed by atoms with E-state index in [0.29, 0.717) is 44.2 Å². The molecule has 2 amide bonds. The van der Waals surface area contributed by atoms with Crippen LogP contribution in [0, 0.1) is 0 Å². The van der Waals surface area contributed by atoms with Crippen LogP contribution in [0.3, 0.4) is 0 Å². The van der Waals surface area contributed by atoms with Crippen LogP contribution in [0.2, 0.25) is 0 Å². The van der Waals surface area contributed by atoms with Gasteiger partial charge in [-0.3, -0.25) is 9.59 Å². The van der Waals surface area contributed by atoms with E-state index in [2.05, 4.69) is 5.32 Å². The maximum absolute atomic E-state index is 13.0. The molecule has 2 aliphatic heterocycles. The number of morpholine rings is 1. The number of hydrogen-bond donors (Lipinski definition) is 1. The summed E-state index contributed by atoms with van der Waals surface area (Å²) in [4.78, 5) is 27.2.